The van der Waals surface area contributed by atoms with Gasteiger partial charge in [0.25, 0.3) is 5.69 Å². The molecule has 1 fully saturated rings. The molecule has 0 unspecified atom stereocenters. The van der Waals surface area contributed by atoms with Crippen LogP contribution in [0.25, 0.3) is 0 Å². The first-order valence-electron chi connectivity index (χ1n) is 9.03. The molecule has 0 saturated carbocycles. The van der Waals surface area contributed by atoms with Gasteiger partial charge in [0, 0.05) is 37.5 Å². The second-order valence-electron chi connectivity index (χ2n) is 6.62. The van der Waals surface area contributed by atoms with E-state index in [1.807, 2.05) is 24.3 Å². The van der Waals surface area contributed by atoms with Crippen LogP contribution in [0.1, 0.15) is 11.1 Å². The van der Waals surface area contributed by atoms with E-state index in [-0.39, 0.29) is 17.1 Å². The van der Waals surface area contributed by atoms with E-state index < -0.39 is 14.9 Å². The van der Waals surface area contributed by atoms with Crippen molar-refractivity contribution in [1.82, 2.24) is 4.72 Å². The van der Waals surface area contributed by atoms with Gasteiger partial charge in [0.15, 0.2) is 0 Å². The van der Waals surface area contributed by atoms with Crippen LogP contribution in [0, 0.1) is 17.0 Å². The number of sulfonamides is 1. The van der Waals surface area contributed by atoms with E-state index in [2.05, 4.69) is 9.62 Å². The Kier molecular flexibility index (Phi) is 6.28. The highest BCUT2D eigenvalue weighted by molar-refractivity contribution is 7.89. The molecular formula is C19H23N3O5S. The van der Waals surface area contributed by atoms with Gasteiger partial charge in [-0.05, 0) is 36.6 Å². The van der Waals surface area contributed by atoms with Gasteiger partial charge in [0.1, 0.15) is 0 Å². The molecule has 0 spiro atoms. The molecule has 1 heterocycles. The van der Waals surface area contributed by atoms with Crippen molar-refractivity contribution in [2.24, 2.45) is 0 Å². The Hall–Kier alpha value is -2.49. The smallest absolute Gasteiger partial charge is 0.270 e. The van der Waals surface area contributed by atoms with E-state index in [4.69, 9.17) is 4.74 Å². The summed E-state index contributed by atoms with van der Waals surface area (Å²) in [5.74, 6) is 0. The van der Waals surface area contributed by atoms with Crippen molar-refractivity contribution in [2.75, 3.05) is 37.7 Å². The van der Waals surface area contributed by atoms with E-state index in [1.165, 1.54) is 12.1 Å². The van der Waals surface area contributed by atoms with Crippen molar-refractivity contribution in [1.29, 1.82) is 0 Å². The predicted octanol–water partition coefficient (Wildman–Crippen LogP) is 2.26. The Morgan fingerprint density at radius 3 is 2.46 bits per heavy atom. The molecule has 0 aromatic heterocycles. The zero-order valence-electron chi connectivity index (χ0n) is 15.6. The van der Waals surface area contributed by atoms with E-state index in [0.29, 0.717) is 12.0 Å². The molecule has 1 saturated heterocycles. The van der Waals surface area contributed by atoms with Crippen molar-refractivity contribution in [2.45, 2.75) is 18.2 Å². The number of rotatable bonds is 7. The molecule has 8 nitrogen and oxygen atoms in total. The second kappa shape index (κ2) is 8.68. The maximum atomic E-state index is 12.5. The lowest BCUT2D eigenvalue weighted by Gasteiger charge is -2.28. The molecule has 0 amide bonds. The number of anilines is 1. The number of morpholine rings is 1. The molecular weight excluding hydrogens is 382 g/mol. The summed E-state index contributed by atoms with van der Waals surface area (Å²) in [4.78, 5) is 12.5. The molecule has 0 bridgehead atoms. The molecule has 9 heteroatoms. The molecule has 2 aromatic carbocycles. The van der Waals surface area contributed by atoms with Crippen LogP contribution in [0.2, 0.25) is 0 Å². The number of nitro benzene ring substituents is 1. The zero-order valence-corrected chi connectivity index (χ0v) is 16.4. The van der Waals surface area contributed by atoms with E-state index >= 15 is 0 Å². The first-order chi connectivity index (χ1) is 13.4. The third-order valence-electron chi connectivity index (χ3n) is 4.69. The Labute approximate surface area is 164 Å². The summed E-state index contributed by atoms with van der Waals surface area (Å²) in [7, 11) is -3.82. The topological polar surface area (TPSA) is 102 Å². The summed E-state index contributed by atoms with van der Waals surface area (Å²) in [6, 6.07) is 11.9. The van der Waals surface area contributed by atoms with Crippen LogP contribution in [-0.4, -0.2) is 46.2 Å². The van der Waals surface area contributed by atoms with Crippen LogP contribution >= 0.6 is 0 Å². The lowest BCUT2D eigenvalue weighted by Crippen LogP contribution is -2.36. The maximum absolute atomic E-state index is 12.5. The fraction of sp³-hybridized carbons (Fsp3) is 0.368. The number of non-ortho nitro benzene ring substituents is 1. The molecule has 2 aromatic rings. The van der Waals surface area contributed by atoms with E-state index in [1.54, 1.807) is 6.92 Å². The van der Waals surface area contributed by atoms with Gasteiger partial charge in [-0.1, -0.05) is 18.2 Å². The van der Waals surface area contributed by atoms with Crippen molar-refractivity contribution < 1.29 is 18.1 Å². The van der Waals surface area contributed by atoms with Crippen LogP contribution in [0.3, 0.4) is 0 Å². The molecule has 3 rings (SSSR count). The summed E-state index contributed by atoms with van der Waals surface area (Å²) < 4.78 is 32.9. The molecule has 28 heavy (non-hydrogen) atoms. The number of nitrogens with one attached hydrogen (secondary N) is 1. The van der Waals surface area contributed by atoms with Gasteiger partial charge in [-0.15, -0.1) is 0 Å². The standard InChI is InChI=1S/C19H23N3O5S/c1-15-2-5-18(22(23)24)14-19(15)28(25,26)20-9-8-16-3-6-17(7-4-16)21-10-12-27-13-11-21/h2-7,14,20H,8-13H2,1H3. The Bertz CT molecular complexity index is 939. The molecule has 0 radical (unpaired) electrons. The summed E-state index contributed by atoms with van der Waals surface area (Å²) in [5.41, 5.74) is 2.35. The zero-order chi connectivity index (χ0) is 20.1. The molecule has 150 valence electrons. The van der Waals surface area contributed by atoms with Gasteiger partial charge in [-0.25, -0.2) is 13.1 Å². The monoisotopic (exact) mass is 405 g/mol. The fourth-order valence-corrected chi connectivity index (χ4v) is 4.39. The first kappa shape index (κ1) is 20.2. The Balaban J connectivity index is 1.61. The summed E-state index contributed by atoms with van der Waals surface area (Å²) in [5, 5.41) is 10.9. The minimum Gasteiger partial charge on any atom is -0.378 e. The predicted molar refractivity (Wildman–Crippen MR) is 106 cm³/mol. The molecule has 0 atom stereocenters. The van der Waals surface area contributed by atoms with Crippen LogP contribution in [-0.2, 0) is 21.2 Å². The minimum atomic E-state index is -3.82. The van der Waals surface area contributed by atoms with E-state index in [0.717, 1.165) is 43.6 Å². The average molecular weight is 405 g/mol. The largest absolute Gasteiger partial charge is 0.378 e. The Morgan fingerprint density at radius 1 is 1.14 bits per heavy atom. The molecule has 1 aliphatic heterocycles. The van der Waals surface area contributed by atoms with Gasteiger partial charge in [0.2, 0.25) is 10.0 Å². The highest BCUT2D eigenvalue weighted by Gasteiger charge is 2.20. The van der Waals surface area contributed by atoms with Crippen molar-refractivity contribution in [3.8, 4) is 0 Å². The van der Waals surface area contributed by atoms with Crippen LogP contribution in [0.5, 0.6) is 0 Å². The highest BCUT2D eigenvalue weighted by Crippen LogP contribution is 2.22. The summed E-state index contributed by atoms with van der Waals surface area (Å²) in [6.07, 6.45) is 0.524. The first-order valence-corrected chi connectivity index (χ1v) is 10.5. The number of aryl methyl sites for hydroxylation is 1. The molecule has 1 aliphatic rings. The van der Waals surface area contributed by atoms with Crippen molar-refractivity contribution >= 4 is 21.4 Å². The Morgan fingerprint density at radius 2 is 1.82 bits per heavy atom. The van der Waals surface area contributed by atoms with Gasteiger partial charge in [-0.2, -0.15) is 0 Å². The van der Waals surface area contributed by atoms with Crippen molar-refractivity contribution in [3.05, 3.63) is 63.7 Å². The van der Waals surface area contributed by atoms with Crippen LogP contribution < -0.4 is 9.62 Å². The third-order valence-corrected chi connectivity index (χ3v) is 6.29. The number of benzene rings is 2. The lowest BCUT2D eigenvalue weighted by molar-refractivity contribution is -0.385. The molecule has 0 aliphatic carbocycles. The normalized spacial score (nSPS) is 14.8. The lowest BCUT2D eigenvalue weighted by atomic mass is 10.1. The van der Waals surface area contributed by atoms with Gasteiger partial charge >= 0.3 is 0 Å². The summed E-state index contributed by atoms with van der Waals surface area (Å²) in [6.45, 7) is 4.99. The van der Waals surface area contributed by atoms with Crippen molar-refractivity contribution in [3.63, 3.8) is 0 Å². The fourth-order valence-electron chi connectivity index (χ4n) is 3.09. The number of nitrogens with zero attached hydrogens (tertiary/aromatic N) is 2. The highest BCUT2D eigenvalue weighted by atomic mass is 32.2. The van der Waals surface area contributed by atoms with Crippen LogP contribution in [0.15, 0.2) is 47.4 Å². The third kappa shape index (κ3) is 4.86. The summed E-state index contributed by atoms with van der Waals surface area (Å²) >= 11 is 0. The quantitative estimate of drug-likeness (QED) is 0.560. The van der Waals surface area contributed by atoms with Crippen LogP contribution in [0.4, 0.5) is 11.4 Å². The minimum absolute atomic E-state index is 0.0654. The second-order valence-corrected chi connectivity index (χ2v) is 8.36. The maximum Gasteiger partial charge on any atom is 0.270 e. The van der Waals surface area contributed by atoms with Gasteiger partial charge < -0.3 is 9.64 Å². The number of hydrogen-bond donors (Lipinski definition) is 1. The van der Waals surface area contributed by atoms with E-state index in [9.17, 15) is 18.5 Å². The number of ether oxygens (including phenoxy) is 1. The SMILES string of the molecule is Cc1ccc([N+](=O)[O-])cc1S(=O)(=O)NCCc1ccc(N2CCOCC2)cc1. The molecule has 1 N–H and O–H groups in total. The van der Waals surface area contributed by atoms with Gasteiger partial charge in [-0.3, -0.25) is 10.1 Å². The number of nitro groups is 1. The van der Waals surface area contributed by atoms with Gasteiger partial charge in [0.05, 0.1) is 23.0 Å². The average Bonchev–Trinajstić information content (AvgIpc) is 2.69. The number of hydrogen-bond acceptors (Lipinski definition) is 6.